The summed E-state index contributed by atoms with van der Waals surface area (Å²) in [6, 6.07) is 15.2. The monoisotopic (exact) mass is 509 g/mol. The van der Waals surface area contributed by atoms with Crippen molar-refractivity contribution in [2.75, 3.05) is 60.9 Å². The van der Waals surface area contributed by atoms with Gasteiger partial charge < -0.3 is 20.0 Å². The molecule has 0 atom stereocenters. The van der Waals surface area contributed by atoms with E-state index in [1.165, 1.54) is 35.3 Å². The number of hydrogen-bond acceptors (Lipinski definition) is 6. The molecule has 0 unspecified atom stereocenters. The van der Waals surface area contributed by atoms with Crippen LogP contribution < -0.4 is 15.1 Å². The fraction of sp³-hybridized carbons (Fsp3) is 0.367. The zero-order valence-electron chi connectivity index (χ0n) is 22.2. The fourth-order valence-corrected chi connectivity index (χ4v) is 5.61. The minimum atomic E-state index is 0.102. The number of hydrogen-bond donors (Lipinski definition) is 1. The van der Waals surface area contributed by atoms with Gasteiger partial charge in [-0.1, -0.05) is 24.3 Å². The lowest BCUT2D eigenvalue weighted by Gasteiger charge is -2.37. The van der Waals surface area contributed by atoms with Crippen LogP contribution in [0.2, 0.25) is 0 Å². The number of imidazole rings is 1. The molecule has 0 radical (unpaired) electrons. The maximum Gasteiger partial charge on any atom is 0.242 e. The van der Waals surface area contributed by atoms with Crippen LogP contribution in [0.4, 0.5) is 17.2 Å². The first kappa shape index (κ1) is 24.3. The SMILES string of the molecule is Cc1ccc(C)c(N2CCN(C(=O)CNc3c(-c4ccc(N5CCCC5)cc4)nc4cnccn34)CC2)c1. The van der Waals surface area contributed by atoms with Crippen molar-refractivity contribution in [3.63, 3.8) is 0 Å². The Morgan fingerprint density at radius 2 is 1.68 bits per heavy atom. The van der Waals surface area contributed by atoms with Gasteiger partial charge >= 0.3 is 0 Å². The minimum Gasteiger partial charge on any atom is -0.372 e. The van der Waals surface area contributed by atoms with Crippen molar-refractivity contribution in [2.24, 2.45) is 0 Å². The van der Waals surface area contributed by atoms with Crippen molar-refractivity contribution in [3.8, 4) is 11.3 Å². The fourth-order valence-electron chi connectivity index (χ4n) is 5.61. The lowest BCUT2D eigenvalue weighted by molar-refractivity contribution is -0.129. The average Bonchev–Trinajstić information content (AvgIpc) is 3.62. The van der Waals surface area contributed by atoms with E-state index in [0.717, 1.165) is 62.0 Å². The maximum absolute atomic E-state index is 13.2. The van der Waals surface area contributed by atoms with E-state index in [-0.39, 0.29) is 12.5 Å². The van der Waals surface area contributed by atoms with Gasteiger partial charge in [0.15, 0.2) is 5.65 Å². The third kappa shape index (κ3) is 4.78. The molecule has 6 rings (SSSR count). The summed E-state index contributed by atoms with van der Waals surface area (Å²) < 4.78 is 1.97. The molecule has 0 aliphatic carbocycles. The molecule has 8 heteroatoms. The van der Waals surface area contributed by atoms with Crippen molar-refractivity contribution in [1.29, 1.82) is 0 Å². The third-order valence-electron chi connectivity index (χ3n) is 7.79. The van der Waals surface area contributed by atoms with E-state index in [4.69, 9.17) is 4.98 Å². The molecule has 38 heavy (non-hydrogen) atoms. The Kier molecular flexibility index (Phi) is 6.62. The van der Waals surface area contributed by atoms with Gasteiger partial charge in [0, 0.05) is 68.6 Å². The molecule has 0 saturated carbocycles. The lowest BCUT2D eigenvalue weighted by atomic mass is 10.1. The highest BCUT2D eigenvalue weighted by Gasteiger charge is 2.23. The number of nitrogens with one attached hydrogen (secondary N) is 1. The summed E-state index contributed by atoms with van der Waals surface area (Å²) in [4.78, 5) is 29.1. The zero-order chi connectivity index (χ0) is 26.1. The van der Waals surface area contributed by atoms with Crippen molar-refractivity contribution in [3.05, 3.63) is 72.2 Å². The van der Waals surface area contributed by atoms with E-state index in [9.17, 15) is 4.79 Å². The van der Waals surface area contributed by atoms with Crippen LogP contribution in [0, 0.1) is 13.8 Å². The van der Waals surface area contributed by atoms with Crippen molar-refractivity contribution >= 4 is 28.7 Å². The van der Waals surface area contributed by atoms with Gasteiger partial charge in [0.1, 0.15) is 11.5 Å². The number of aromatic nitrogens is 3. The van der Waals surface area contributed by atoms with Crippen LogP contribution in [0.5, 0.6) is 0 Å². The summed E-state index contributed by atoms with van der Waals surface area (Å²) in [6.45, 7) is 9.85. The Morgan fingerprint density at radius 3 is 2.45 bits per heavy atom. The Morgan fingerprint density at radius 1 is 0.921 bits per heavy atom. The Labute approximate surface area is 223 Å². The van der Waals surface area contributed by atoms with E-state index in [1.807, 2.05) is 15.5 Å². The number of fused-ring (bicyclic) bond motifs is 1. The number of benzene rings is 2. The highest BCUT2D eigenvalue weighted by Crippen LogP contribution is 2.31. The highest BCUT2D eigenvalue weighted by molar-refractivity contribution is 5.84. The average molecular weight is 510 g/mol. The Balaban J connectivity index is 1.15. The molecule has 8 nitrogen and oxygen atoms in total. The van der Waals surface area contributed by atoms with E-state index in [1.54, 1.807) is 12.4 Å². The number of anilines is 3. The summed E-state index contributed by atoms with van der Waals surface area (Å²) in [5.41, 5.74) is 7.67. The Bertz CT molecular complexity index is 1430. The third-order valence-corrected chi connectivity index (χ3v) is 7.79. The molecule has 0 spiro atoms. The van der Waals surface area contributed by atoms with Crippen LogP contribution in [0.25, 0.3) is 16.9 Å². The summed E-state index contributed by atoms with van der Waals surface area (Å²) in [5.74, 6) is 0.920. The molecule has 0 bridgehead atoms. The van der Waals surface area contributed by atoms with Gasteiger partial charge in [0.2, 0.25) is 5.91 Å². The normalized spacial score (nSPS) is 15.9. The molecule has 2 aliphatic heterocycles. The predicted octanol–water partition coefficient (Wildman–Crippen LogP) is 4.37. The van der Waals surface area contributed by atoms with Gasteiger partial charge in [0.25, 0.3) is 0 Å². The van der Waals surface area contributed by atoms with Gasteiger partial charge in [-0.25, -0.2) is 4.98 Å². The van der Waals surface area contributed by atoms with Gasteiger partial charge in [-0.3, -0.25) is 14.2 Å². The van der Waals surface area contributed by atoms with E-state index < -0.39 is 0 Å². The number of piperazine rings is 1. The second-order valence-corrected chi connectivity index (χ2v) is 10.4. The number of aryl methyl sites for hydroxylation is 2. The summed E-state index contributed by atoms with van der Waals surface area (Å²) in [5, 5.41) is 3.42. The number of rotatable bonds is 6. The molecule has 4 aromatic rings. The molecule has 2 aromatic carbocycles. The molecular formula is C30H35N7O. The quantitative estimate of drug-likeness (QED) is 0.416. The Hall–Kier alpha value is -4.07. The molecule has 1 amide bonds. The van der Waals surface area contributed by atoms with E-state index >= 15 is 0 Å². The van der Waals surface area contributed by atoms with Crippen LogP contribution >= 0.6 is 0 Å². The van der Waals surface area contributed by atoms with E-state index in [0.29, 0.717) is 0 Å². The van der Waals surface area contributed by atoms with Gasteiger partial charge in [-0.2, -0.15) is 0 Å². The molecule has 2 aromatic heterocycles. The number of carbonyl (C=O) groups is 1. The molecule has 196 valence electrons. The smallest absolute Gasteiger partial charge is 0.242 e. The van der Waals surface area contributed by atoms with Crippen molar-refractivity contribution in [2.45, 2.75) is 26.7 Å². The van der Waals surface area contributed by atoms with Crippen LogP contribution in [0.1, 0.15) is 24.0 Å². The summed E-state index contributed by atoms with van der Waals surface area (Å²) >= 11 is 0. The number of nitrogens with zero attached hydrogens (tertiary/aromatic N) is 6. The second kappa shape index (κ2) is 10.4. The minimum absolute atomic E-state index is 0.102. The maximum atomic E-state index is 13.2. The van der Waals surface area contributed by atoms with Crippen LogP contribution in [0.3, 0.4) is 0 Å². The van der Waals surface area contributed by atoms with Crippen molar-refractivity contribution in [1.82, 2.24) is 19.3 Å². The molecular weight excluding hydrogens is 474 g/mol. The zero-order valence-corrected chi connectivity index (χ0v) is 22.2. The highest BCUT2D eigenvalue weighted by atomic mass is 16.2. The van der Waals surface area contributed by atoms with Gasteiger partial charge in [-0.15, -0.1) is 0 Å². The van der Waals surface area contributed by atoms with Gasteiger partial charge in [0.05, 0.1) is 12.7 Å². The van der Waals surface area contributed by atoms with E-state index in [2.05, 4.69) is 76.4 Å². The summed E-state index contributed by atoms with van der Waals surface area (Å²) in [6.07, 6.45) is 7.89. The lowest BCUT2D eigenvalue weighted by Crippen LogP contribution is -2.50. The second-order valence-electron chi connectivity index (χ2n) is 10.4. The van der Waals surface area contributed by atoms with Crippen molar-refractivity contribution < 1.29 is 4.79 Å². The molecule has 2 fully saturated rings. The molecule has 2 aliphatic rings. The van der Waals surface area contributed by atoms with Gasteiger partial charge in [-0.05, 0) is 56.0 Å². The summed E-state index contributed by atoms with van der Waals surface area (Å²) in [7, 11) is 0. The molecule has 4 heterocycles. The number of amides is 1. The number of carbonyl (C=O) groups excluding carboxylic acids is 1. The van der Waals surface area contributed by atoms with Crippen LogP contribution in [0.15, 0.2) is 61.1 Å². The first-order valence-corrected chi connectivity index (χ1v) is 13.6. The first-order valence-electron chi connectivity index (χ1n) is 13.6. The molecule has 2 saturated heterocycles. The predicted molar refractivity (Wildman–Crippen MR) is 153 cm³/mol. The van der Waals surface area contributed by atoms with Crippen LogP contribution in [-0.4, -0.2) is 71.0 Å². The first-order chi connectivity index (χ1) is 18.6. The molecule has 1 N–H and O–H groups in total. The van der Waals surface area contributed by atoms with Crippen LogP contribution in [-0.2, 0) is 4.79 Å². The largest absolute Gasteiger partial charge is 0.372 e. The topological polar surface area (TPSA) is 69.0 Å². The standard InChI is InChI=1S/C30H35N7O/c1-22-5-6-23(2)26(19-22)35-15-17-36(18-16-35)28(38)21-32-30-29(33-27-20-31-11-14-37(27)30)24-7-9-25(10-8-24)34-12-3-4-13-34/h5-11,14,19-20,32H,3-4,12-13,15-18,21H2,1-2H3.